The molecule has 1 rings (SSSR count). The van der Waals surface area contributed by atoms with Gasteiger partial charge in [0.2, 0.25) is 5.91 Å². The molecular weight excluding hydrogens is 292 g/mol. The summed E-state index contributed by atoms with van der Waals surface area (Å²) >= 11 is 3.45. The Balaban J connectivity index is 2.33. The van der Waals surface area contributed by atoms with Gasteiger partial charge in [-0.1, -0.05) is 35.8 Å². The minimum Gasteiger partial charge on any atom is -0.325 e. The maximum atomic E-state index is 11.7. The first-order valence-corrected chi connectivity index (χ1v) is 7.05. The Hall–Kier alpha value is -0.870. The number of hydrogen-bond donors (Lipinski definition) is 2. The second-order valence-corrected chi connectivity index (χ2v) is 5.73. The Bertz CT molecular complexity index is 405. The van der Waals surface area contributed by atoms with Gasteiger partial charge in [-0.3, -0.25) is 4.79 Å². The van der Waals surface area contributed by atoms with Gasteiger partial charge in [-0.25, -0.2) is 0 Å². The van der Waals surface area contributed by atoms with Gasteiger partial charge in [0.1, 0.15) is 0 Å². The molecule has 1 amide bonds. The average molecular weight is 313 g/mol. The van der Waals surface area contributed by atoms with Crippen molar-refractivity contribution in [1.29, 1.82) is 0 Å². The number of anilines is 1. The third kappa shape index (κ3) is 5.65. The monoisotopic (exact) mass is 312 g/mol. The van der Waals surface area contributed by atoms with E-state index in [-0.39, 0.29) is 5.91 Å². The van der Waals surface area contributed by atoms with Crippen LogP contribution in [0.4, 0.5) is 5.69 Å². The molecule has 100 valence electrons. The molecule has 0 atom stereocenters. The molecule has 1 aromatic rings. The van der Waals surface area contributed by atoms with Crippen LogP contribution in [0, 0.1) is 12.8 Å². The summed E-state index contributed by atoms with van der Waals surface area (Å²) in [6.45, 7) is 7.60. The number of benzene rings is 1. The lowest BCUT2D eigenvalue weighted by Gasteiger charge is -2.09. The highest BCUT2D eigenvalue weighted by molar-refractivity contribution is 9.10. The zero-order valence-corrected chi connectivity index (χ0v) is 12.8. The number of carbonyl (C=O) groups excluding carboxylic acids is 1. The molecule has 0 aromatic heterocycles. The van der Waals surface area contributed by atoms with Crippen molar-refractivity contribution in [3.63, 3.8) is 0 Å². The zero-order valence-electron chi connectivity index (χ0n) is 11.2. The van der Waals surface area contributed by atoms with Crippen molar-refractivity contribution in [2.45, 2.75) is 27.2 Å². The van der Waals surface area contributed by atoms with Crippen LogP contribution in [0.1, 0.15) is 25.8 Å². The molecule has 0 bridgehead atoms. The normalized spacial score (nSPS) is 10.7. The lowest BCUT2D eigenvalue weighted by atomic mass is 10.1. The summed E-state index contributed by atoms with van der Waals surface area (Å²) in [6.07, 6.45) is 1.09. The Morgan fingerprint density at radius 2 is 2.11 bits per heavy atom. The van der Waals surface area contributed by atoms with Gasteiger partial charge in [0.15, 0.2) is 0 Å². The van der Waals surface area contributed by atoms with E-state index in [4.69, 9.17) is 0 Å². The van der Waals surface area contributed by atoms with Gasteiger partial charge in [0.25, 0.3) is 0 Å². The summed E-state index contributed by atoms with van der Waals surface area (Å²) in [5.41, 5.74) is 1.98. The van der Waals surface area contributed by atoms with Crippen LogP contribution in [-0.2, 0) is 4.79 Å². The van der Waals surface area contributed by atoms with Crippen molar-refractivity contribution in [3.05, 3.63) is 28.2 Å². The van der Waals surface area contributed by atoms with Crippen molar-refractivity contribution in [2.75, 3.05) is 18.4 Å². The van der Waals surface area contributed by atoms with Crippen molar-refractivity contribution in [3.8, 4) is 0 Å². The lowest BCUT2D eigenvalue weighted by Crippen LogP contribution is -2.29. The number of rotatable bonds is 6. The van der Waals surface area contributed by atoms with Gasteiger partial charge in [0.05, 0.1) is 6.54 Å². The second-order valence-electron chi connectivity index (χ2n) is 4.87. The van der Waals surface area contributed by atoms with E-state index in [0.717, 1.165) is 28.7 Å². The van der Waals surface area contributed by atoms with Crippen LogP contribution < -0.4 is 10.6 Å². The van der Waals surface area contributed by atoms with Crippen LogP contribution in [0.5, 0.6) is 0 Å². The molecule has 0 saturated heterocycles. The molecule has 3 nitrogen and oxygen atoms in total. The summed E-state index contributed by atoms with van der Waals surface area (Å²) < 4.78 is 1.01. The van der Waals surface area contributed by atoms with Gasteiger partial charge in [-0.05, 0) is 43.5 Å². The van der Waals surface area contributed by atoms with Crippen molar-refractivity contribution in [2.24, 2.45) is 5.92 Å². The van der Waals surface area contributed by atoms with Gasteiger partial charge in [0, 0.05) is 10.2 Å². The number of halogens is 1. The smallest absolute Gasteiger partial charge is 0.238 e. The topological polar surface area (TPSA) is 41.1 Å². The minimum absolute atomic E-state index is 0.00508. The van der Waals surface area contributed by atoms with E-state index in [1.807, 2.05) is 25.1 Å². The largest absolute Gasteiger partial charge is 0.325 e. The third-order valence-corrected chi connectivity index (χ3v) is 3.49. The Morgan fingerprint density at radius 1 is 1.39 bits per heavy atom. The van der Waals surface area contributed by atoms with E-state index in [2.05, 4.69) is 40.4 Å². The van der Waals surface area contributed by atoms with Crippen molar-refractivity contribution < 1.29 is 4.79 Å². The second kappa shape index (κ2) is 7.54. The first-order chi connectivity index (χ1) is 8.49. The number of aryl methyl sites for hydroxylation is 1. The first-order valence-electron chi connectivity index (χ1n) is 6.25. The molecule has 2 N–H and O–H groups in total. The Morgan fingerprint density at radius 3 is 2.72 bits per heavy atom. The van der Waals surface area contributed by atoms with Crippen LogP contribution in [0.2, 0.25) is 0 Å². The molecule has 0 spiro atoms. The molecule has 0 aliphatic carbocycles. The highest BCUT2D eigenvalue weighted by atomic mass is 79.9. The van der Waals surface area contributed by atoms with E-state index < -0.39 is 0 Å². The van der Waals surface area contributed by atoms with E-state index >= 15 is 0 Å². The lowest BCUT2D eigenvalue weighted by molar-refractivity contribution is -0.115. The highest BCUT2D eigenvalue weighted by Crippen LogP contribution is 2.20. The van der Waals surface area contributed by atoms with Crippen molar-refractivity contribution >= 4 is 27.5 Å². The molecule has 4 heteroatoms. The molecule has 0 saturated carbocycles. The third-order valence-electron chi connectivity index (χ3n) is 2.64. The summed E-state index contributed by atoms with van der Waals surface area (Å²) in [5.74, 6) is 0.656. The van der Waals surface area contributed by atoms with E-state index in [9.17, 15) is 4.79 Å². The van der Waals surface area contributed by atoms with Gasteiger partial charge >= 0.3 is 0 Å². The minimum atomic E-state index is -0.00508. The molecular formula is C14H21BrN2O. The Kier molecular flexibility index (Phi) is 6.36. The molecule has 1 aromatic carbocycles. The molecule has 18 heavy (non-hydrogen) atoms. The number of carbonyl (C=O) groups is 1. The number of amides is 1. The van der Waals surface area contributed by atoms with Crippen LogP contribution in [0.25, 0.3) is 0 Å². The predicted octanol–water partition coefficient (Wildman–Crippen LogP) is 3.33. The van der Waals surface area contributed by atoms with E-state index in [1.54, 1.807) is 0 Å². The predicted molar refractivity (Wildman–Crippen MR) is 79.8 cm³/mol. The molecule has 0 fully saturated rings. The van der Waals surface area contributed by atoms with Crippen LogP contribution in [0.15, 0.2) is 22.7 Å². The molecule has 0 aliphatic rings. The fourth-order valence-corrected chi connectivity index (χ4v) is 1.85. The van der Waals surface area contributed by atoms with E-state index in [0.29, 0.717) is 12.5 Å². The summed E-state index contributed by atoms with van der Waals surface area (Å²) in [5, 5.41) is 6.01. The maximum Gasteiger partial charge on any atom is 0.238 e. The quantitative estimate of drug-likeness (QED) is 0.791. The fraction of sp³-hybridized carbons (Fsp3) is 0.500. The van der Waals surface area contributed by atoms with E-state index in [1.165, 1.54) is 0 Å². The fourth-order valence-electron chi connectivity index (χ4n) is 1.47. The molecule has 0 aliphatic heterocycles. The SMILES string of the molecule is Cc1ccc(NC(=O)CNCCC(C)C)cc1Br. The molecule has 0 unspecified atom stereocenters. The summed E-state index contributed by atoms with van der Waals surface area (Å²) in [4.78, 5) is 11.7. The highest BCUT2D eigenvalue weighted by Gasteiger charge is 2.03. The Labute approximate surface area is 117 Å². The van der Waals surface area contributed by atoms with Crippen LogP contribution in [-0.4, -0.2) is 19.0 Å². The number of nitrogens with one attached hydrogen (secondary N) is 2. The summed E-state index contributed by atoms with van der Waals surface area (Å²) in [7, 11) is 0. The average Bonchev–Trinajstić information content (AvgIpc) is 2.29. The standard InChI is InChI=1S/C14H21BrN2O/c1-10(2)6-7-16-9-14(18)17-12-5-4-11(3)13(15)8-12/h4-5,8,10,16H,6-7,9H2,1-3H3,(H,17,18). The molecule has 0 radical (unpaired) electrons. The molecule has 0 heterocycles. The first kappa shape index (κ1) is 15.2. The zero-order chi connectivity index (χ0) is 13.5. The summed E-state index contributed by atoms with van der Waals surface area (Å²) in [6, 6.07) is 5.80. The van der Waals surface area contributed by atoms with Crippen molar-refractivity contribution in [1.82, 2.24) is 5.32 Å². The van der Waals surface area contributed by atoms with Crippen LogP contribution in [0.3, 0.4) is 0 Å². The van der Waals surface area contributed by atoms with Gasteiger partial charge < -0.3 is 10.6 Å². The van der Waals surface area contributed by atoms with Gasteiger partial charge in [-0.2, -0.15) is 0 Å². The maximum absolute atomic E-state index is 11.7. The van der Waals surface area contributed by atoms with Gasteiger partial charge in [-0.15, -0.1) is 0 Å². The number of hydrogen-bond acceptors (Lipinski definition) is 2. The van der Waals surface area contributed by atoms with Crippen LogP contribution >= 0.6 is 15.9 Å².